The second kappa shape index (κ2) is 40.7. The van der Waals surface area contributed by atoms with Crippen LogP contribution in [0.2, 0.25) is 0 Å². The zero-order valence-corrected chi connectivity index (χ0v) is 35.7. The highest BCUT2D eigenvalue weighted by Gasteiger charge is 2.26. The molecule has 9 nitrogen and oxygen atoms in total. The lowest BCUT2D eigenvalue weighted by molar-refractivity contribution is -0.161. The Balaban J connectivity index is 3.95. The van der Waals surface area contributed by atoms with Gasteiger partial charge >= 0.3 is 19.8 Å². The fraction of sp³-hybridized carbons (Fsp3) is 0.953. The number of hydrogen-bond donors (Lipinski definition) is 2. The molecule has 0 aromatic carbocycles. The van der Waals surface area contributed by atoms with E-state index in [9.17, 15) is 19.0 Å². The number of hydrogen-bond acceptors (Lipinski definition) is 8. The summed E-state index contributed by atoms with van der Waals surface area (Å²) in [6.45, 7) is 3.75. The normalized spacial score (nSPS) is 13.2. The van der Waals surface area contributed by atoms with Crippen molar-refractivity contribution in [3.8, 4) is 0 Å². The van der Waals surface area contributed by atoms with Gasteiger partial charge in [-0.2, -0.15) is 0 Å². The molecule has 0 saturated heterocycles. The van der Waals surface area contributed by atoms with E-state index in [0.717, 1.165) is 32.1 Å². The molecule has 0 saturated carbocycles. The van der Waals surface area contributed by atoms with E-state index in [1.165, 1.54) is 167 Å². The maximum atomic E-state index is 12.6. The Hall–Kier alpha value is -0.990. The Bertz CT molecular complexity index is 845. The molecular formula is C43H86NO8P. The number of rotatable bonds is 43. The fourth-order valence-electron chi connectivity index (χ4n) is 6.64. The van der Waals surface area contributed by atoms with E-state index in [2.05, 4.69) is 13.8 Å². The smallest absolute Gasteiger partial charge is 0.462 e. The van der Waals surface area contributed by atoms with Gasteiger partial charge in [-0.25, -0.2) is 4.57 Å². The van der Waals surface area contributed by atoms with Crippen LogP contribution >= 0.6 is 7.82 Å². The first kappa shape index (κ1) is 52.0. The van der Waals surface area contributed by atoms with Gasteiger partial charge in [0.25, 0.3) is 0 Å². The zero-order chi connectivity index (χ0) is 38.9. The molecular weight excluding hydrogens is 689 g/mol. The Kier molecular flexibility index (Phi) is 39.9. The lowest BCUT2D eigenvalue weighted by Gasteiger charge is -2.19. The van der Waals surface area contributed by atoms with Crippen molar-refractivity contribution in [3.63, 3.8) is 0 Å². The largest absolute Gasteiger partial charge is 0.472 e. The van der Waals surface area contributed by atoms with Crippen LogP contribution in [0, 0.1) is 0 Å². The van der Waals surface area contributed by atoms with Crippen LogP contribution in [0.25, 0.3) is 0 Å². The van der Waals surface area contributed by atoms with Gasteiger partial charge in [0.1, 0.15) is 6.61 Å². The predicted molar refractivity (Wildman–Crippen MR) is 220 cm³/mol. The minimum Gasteiger partial charge on any atom is -0.462 e. The van der Waals surface area contributed by atoms with Crippen LogP contribution in [0.3, 0.4) is 0 Å². The van der Waals surface area contributed by atoms with Crippen LogP contribution in [0.15, 0.2) is 0 Å². The molecule has 3 N–H and O–H groups in total. The molecule has 0 aliphatic carbocycles. The van der Waals surface area contributed by atoms with Crippen LogP contribution < -0.4 is 5.73 Å². The first-order valence-electron chi connectivity index (χ1n) is 22.5. The molecule has 316 valence electrons. The van der Waals surface area contributed by atoms with E-state index in [-0.39, 0.29) is 38.6 Å². The second-order valence-corrected chi connectivity index (χ2v) is 16.7. The molecule has 0 aliphatic rings. The quantitative estimate of drug-likeness (QED) is 0.0352. The van der Waals surface area contributed by atoms with Gasteiger partial charge in [0.05, 0.1) is 13.2 Å². The van der Waals surface area contributed by atoms with Gasteiger partial charge in [0.15, 0.2) is 6.10 Å². The van der Waals surface area contributed by atoms with Crippen molar-refractivity contribution < 1.29 is 37.6 Å². The lowest BCUT2D eigenvalue weighted by Crippen LogP contribution is -2.29. The average Bonchev–Trinajstić information content (AvgIpc) is 3.14. The van der Waals surface area contributed by atoms with E-state index < -0.39 is 26.5 Å². The van der Waals surface area contributed by atoms with Crippen molar-refractivity contribution in [1.29, 1.82) is 0 Å². The molecule has 0 spiro atoms. The van der Waals surface area contributed by atoms with Crippen LogP contribution in [0.4, 0.5) is 0 Å². The maximum Gasteiger partial charge on any atom is 0.472 e. The van der Waals surface area contributed by atoms with Crippen molar-refractivity contribution in [2.24, 2.45) is 5.73 Å². The highest BCUT2D eigenvalue weighted by Crippen LogP contribution is 2.43. The minimum absolute atomic E-state index is 0.0579. The standard InChI is InChI=1S/C43H86NO8P/c1-3-5-7-9-11-13-14-15-16-17-18-19-20-21-22-23-24-25-26-28-30-32-34-36-43(46)52-41(40-51-53(47,48)50-38-37-44)39-49-42(45)35-33-31-29-27-12-10-8-6-4-2/h41H,3-40,44H2,1-2H3,(H,47,48)/t41-/m1/s1. The van der Waals surface area contributed by atoms with Crippen LogP contribution in [0.5, 0.6) is 0 Å². The summed E-state index contributed by atoms with van der Waals surface area (Å²) in [5.74, 6) is -0.817. The fourth-order valence-corrected chi connectivity index (χ4v) is 7.40. The average molecular weight is 776 g/mol. The number of phosphoric acid groups is 1. The van der Waals surface area contributed by atoms with Gasteiger partial charge in [-0.05, 0) is 12.8 Å². The van der Waals surface area contributed by atoms with Gasteiger partial charge in [-0.3, -0.25) is 18.6 Å². The summed E-state index contributed by atoms with van der Waals surface area (Å²) in [6.07, 6.45) is 40.1. The topological polar surface area (TPSA) is 134 Å². The summed E-state index contributed by atoms with van der Waals surface area (Å²) in [6, 6.07) is 0. The molecule has 0 bridgehead atoms. The number of nitrogens with two attached hydrogens (primary N) is 1. The van der Waals surface area contributed by atoms with Gasteiger partial charge in [0.2, 0.25) is 0 Å². The SMILES string of the molecule is CCCCCCCCCCCCCCCCCCCCCCCCCC(=O)O[C@H](COC(=O)CCCCCCCCCCC)COP(=O)(O)OCCN. The highest BCUT2D eigenvalue weighted by molar-refractivity contribution is 7.47. The van der Waals surface area contributed by atoms with Crippen molar-refractivity contribution >= 4 is 19.8 Å². The summed E-state index contributed by atoms with van der Waals surface area (Å²) in [5, 5.41) is 0. The van der Waals surface area contributed by atoms with Crippen molar-refractivity contribution in [2.75, 3.05) is 26.4 Å². The molecule has 53 heavy (non-hydrogen) atoms. The third kappa shape index (κ3) is 40.5. The Labute approximate surface area is 327 Å². The third-order valence-electron chi connectivity index (χ3n) is 9.99. The summed E-state index contributed by atoms with van der Waals surface area (Å²) in [4.78, 5) is 34.7. The van der Waals surface area contributed by atoms with Crippen molar-refractivity contribution in [1.82, 2.24) is 0 Å². The highest BCUT2D eigenvalue weighted by atomic mass is 31.2. The molecule has 0 rings (SSSR count). The first-order chi connectivity index (χ1) is 25.8. The van der Waals surface area contributed by atoms with Crippen LogP contribution in [0.1, 0.15) is 232 Å². The molecule has 1 unspecified atom stereocenters. The third-order valence-corrected chi connectivity index (χ3v) is 11.0. The molecule has 0 heterocycles. The molecule has 0 amide bonds. The monoisotopic (exact) mass is 776 g/mol. The van der Waals surface area contributed by atoms with Gasteiger partial charge in [0, 0.05) is 19.4 Å². The first-order valence-corrected chi connectivity index (χ1v) is 24.0. The number of phosphoric ester groups is 1. The summed E-state index contributed by atoms with van der Waals surface area (Å²) < 4.78 is 32.7. The van der Waals surface area contributed by atoms with Crippen molar-refractivity contribution in [3.05, 3.63) is 0 Å². The van der Waals surface area contributed by atoms with Gasteiger partial charge in [-0.1, -0.05) is 206 Å². The van der Waals surface area contributed by atoms with E-state index in [0.29, 0.717) is 6.42 Å². The summed E-state index contributed by atoms with van der Waals surface area (Å²) >= 11 is 0. The van der Waals surface area contributed by atoms with Crippen molar-refractivity contribution in [2.45, 2.75) is 238 Å². The second-order valence-electron chi connectivity index (χ2n) is 15.3. The van der Waals surface area contributed by atoms with Crippen LogP contribution in [-0.2, 0) is 32.7 Å². The Morgan fingerprint density at radius 3 is 1.15 bits per heavy atom. The zero-order valence-electron chi connectivity index (χ0n) is 34.8. The molecule has 0 fully saturated rings. The Morgan fingerprint density at radius 2 is 0.811 bits per heavy atom. The lowest BCUT2D eigenvalue weighted by atomic mass is 10.0. The van der Waals surface area contributed by atoms with E-state index in [1.807, 2.05) is 0 Å². The summed E-state index contributed by atoms with van der Waals surface area (Å²) in [7, 11) is -4.36. The van der Waals surface area contributed by atoms with E-state index in [1.54, 1.807) is 0 Å². The molecule has 2 atom stereocenters. The number of unbranched alkanes of at least 4 members (excludes halogenated alkanes) is 30. The molecule has 0 radical (unpaired) electrons. The molecule has 10 heteroatoms. The molecule has 0 aromatic heterocycles. The van der Waals surface area contributed by atoms with E-state index in [4.69, 9.17) is 24.3 Å². The van der Waals surface area contributed by atoms with Gasteiger partial charge in [-0.15, -0.1) is 0 Å². The van der Waals surface area contributed by atoms with Crippen LogP contribution in [-0.4, -0.2) is 49.3 Å². The predicted octanol–water partition coefficient (Wildman–Crippen LogP) is 12.8. The number of esters is 2. The Morgan fingerprint density at radius 1 is 0.491 bits per heavy atom. The molecule has 0 aromatic rings. The summed E-state index contributed by atoms with van der Waals surface area (Å²) in [5.41, 5.74) is 5.34. The number of carbonyl (C=O) groups excluding carboxylic acids is 2. The number of carbonyl (C=O) groups is 2. The van der Waals surface area contributed by atoms with Gasteiger partial charge < -0.3 is 20.1 Å². The molecule has 0 aliphatic heterocycles. The number of ether oxygens (including phenoxy) is 2. The van der Waals surface area contributed by atoms with E-state index >= 15 is 0 Å². The maximum absolute atomic E-state index is 12.6. The minimum atomic E-state index is -4.36.